The number of hydrogen-bond acceptors (Lipinski definition) is 3. The van der Waals surface area contributed by atoms with Gasteiger partial charge in [0, 0.05) is 12.0 Å². The summed E-state index contributed by atoms with van der Waals surface area (Å²) in [5, 5.41) is 0. The fourth-order valence-corrected chi connectivity index (χ4v) is 1.40. The highest BCUT2D eigenvalue weighted by Gasteiger charge is 2.23. The molecule has 80 valence electrons. The van der Waals surface area contributed by atoms with Gasteiger partial charge in [0.1, 0.15) is 5.75 Å². The lowest BCUT2D eigenvalue weighted by molar-refractivity contribution is 0.0985. The molecular formula is C12H15NO2. The molecule has 0 atom stereocenters. The lowest BCUT2D eigenvalue weighted by atomic mass is 10.1. The molecule has 1 aromatic carbocycles. The van der Waals surface area contributed by atoms with Crippen molar-refractivity contribution in [3.05, 3.63) is 29.8 Å². The van der Waals surface area contributed by atoms with E-state index in [1.807, 2.05) is 12.1 Å². The first-order valence-electron chi connectivity index (χ1n) is 5.29. The number of hydrogen-bond donors (Lipinski definition) is 1. The van der Waals surface area contributed by atoms with Crippen LogP contribution in [0.1, 0.15) is 29.6 Å². The van der Waals surface area contributed by atoms with Crippen LogP contribution >= 0.6 is 0 Å². The summed E-state index contributed by atoms with van der Waals surface area (Å²) in [6.45, 7) is 0.395. The van der Waals surface area contributed by atoms with E-state index < -0.39 is 0 Å². The molecule has 1 aliphatic rings. The van der Waals surface area contributed by atoms with E-state index in [0.717, 1.165) is 18.6 Å². The molecule has 1 aromatic rings. The van der Waals surface area contributed by atoms with Gasteiger partial charge in [-0.3, -0.25) is 4.79 Å². The third-order valence-electron chi connectivity index (χ3n) is 2.35. The monoisotopic (exact) mass is 205 g/mol. The van der Waals surface area contributed by atoms with E-state index in [2.05, 4.69) is 0 Å². The molecule has 3 heteroatoms. The molecule has 15 heavy (non-hydrogen) atoms. The number of carbonyl (C=O) groups is 1. The van der Waals surface area contributed by atoms with Crippen LogP contribution in [0.25, 0.3) is 0 Å². The molecule has 1 saturated carbocycles. The maximum atomic E-state index is 11.6. The zero-order valence-electron chi connectivity index (χ0n) is 8.61. The molecule has 0 saturated heterocycles. The Morgan fingerprint density at radius 3 is 2.93 bits per heavy atom. The highest BCUT2D eigenvalue weighted by atomic mass is 16.5. The second kappa shape index (κ2) is 4.45. The van der Waals surface area contributed by atoms with Crippen LogP contribution in [0.5, 0.6) is 5.75 Å². The molecule has 1 fully saturated rings. The number of ether oxygens (including phenoxy) is 1. The van der Waals surface area contributed by atoms with Crippen LogP contribution < -0.4 is 10.5 Å². The molecule has 3 nitrogen and oxygen atoms in total. The van der Waals surface area contributed by atoms with Crippen molar-refractivity contribution in [2.24, 2.45) is 5.73 Å². The molecule has 0 amide bonds. The van der Waals surface area contributed by atoms with Crippen LogP contribution in [0.15, 0.2) is 24.3 Å². The molecule has 0 unspecified atom stereocenters. The molecule has 1 aliphatic carbocycles. The van der Waals surface area contributed by atoms with Crippen molar-refractivity contribution in [3.8, 4) is 5.75 Å². The molecule has 0 spiro atoms. The second-order valence-corrected chi connectivity index (χ2v) is 3.81. The van der Waals surface area contributed by atoms with Crippen LogP contribution in [0.2, 0.25) is 0 Å². The Labute approximate surface area is 89.2 Å². The smallest absolute Gasteiger partial charge is 0.164 e. The van der Waals surface area contributed by atoms with Crippen molar-refractivity contribution >= 4 is 5.78 Å². The van der Waals surface area contributed by atoms with E-state index in [1.54, 1.807) is 12.1 Å². The minimum absolute atomic E-state index is 0.0822. The van der Waals surface area contributed by atoms with E-state index in [9.17, 15) is 4.79 Å². The van der Waals surface area contributed by atoms with Gasteiger partial charge in [0.2, 0.25) is 0 Å². The number of Topliss-reactive ketones (excluding diaryl/α,β-unsaturated/α-hetero) is 1. The van der Waals surface area contributed by atoms with Gasteiger partial charge in [-0.25, -0.2) is 0 Å². The van der Waals surface area contributed by atoms with E-state index in [-0.39, 0.29) is 5.78 Å². The number of ketones is 1. The molecule has 2 rings (SSSR count). The third kappa shape index (κ3) is 2.80. The first kappa shape index (κ1) is 10.2. The molecule has 2 N–H and O–H groups in total. The van der Waals surface area contributed by atoms with Crippen LogP contribution in [-0.2, 0) is 0 Å². The highest BCUT2D eigenvalue weighted by molar-refractivity contribution is 5.96. The number of benzene rings is 1. The summed E-state index contributed by atoms with van der Waals surface area (Å²) in [5.41, 5.74) is 6.04. The Hall–Kier alpha value is -1.35. The van der Waals surface area contributed by atoms with Gasteiger partial charge >= 0.3 is 0 Å². The molecule has 0 bridgehead atoms. The average molecular weight is 205 g/mol. The lowest BCUT2D eigenvalue weighted by Crippen LogP contribution is -2.08. The normalized spacial score (nSPS) is 15.0. The lowest BCUT2D eigenvalue weighted by Gasteiger charge is -2.05. The average Bonchev–Trinajstić information content (AvgIpc) is 3.03. The molecule has 0 aliphatic heterocycles. The first-order chi connectivity index (χ1) is 7.29. The van der Waals surface area contributed by atoms with Crippen LogP contribution in [0.4, 0.5) is 0 Å². The van der Waals surface area contributed by atoms with Gasteiger partial charge in [-0.05, 0) is 31.5 Å². The highest BCUT2D eigenvalue weighted by Crippen LogP contribution is 2.27. The Balaban J connectivity index is 2.06. The summed E-state index contributed by atoms with van der Waals surface area (Å²) >= 11 is 0. The van der Waals surface area contributed by atoms with E-state index >= 15 is 0 Å². The molecule has 0 radical (unpaired) electrons. The minimum atomic E-state index is 0.0822. The molecule has 0 aromatic heterocycles. The summed E-state index contributed by atoms with van der Waals surface area (Å²) in [6.07, 6.45) is 3.01. The second-order valence-electron chi connectivity index (χ2n) is 3.81. The predicted octanol–water partition coefficient (Wildman–Crippen LogP) is 1.76. The van der Waals surface area contributed by atoms with Gasteiger partial charge in [0.15, 0.2) is 5.78 Å². The SMILES string of the molecule is NCCC(=O)c1cccc(OC2CC2)c1. The Morgan fingerprint density at radius 2 is 2.27 bits per heavy atom. The fraction of sp³-hybridized carbons (Fsp3) is 0.417. The number of rotatable bonds is 5. The topological polar surface area (TPSA) is 52.3 Å². The number of nitrogens with two attached hydrogens (primary N) is 1. The van der Waals surface area contributed by atoms with Gasteiger partial charge in [0.25, 0.3) is 0 Å². The standard InChI is InChI=1S/C12H15NO2/c13-7-6-12(14)9-2-1-3-11(8-9)15-10-4-5-10/h1-3,8,10H,4-7,13H2. The fourth-order valence-electron chi connectivity index (χ4n) is 1.40. The minimum Gasteiger partial charge on any atom is -0.490 e. The largest absolute Gasteiger partial charge is 0.490 e. The summed E-state index contributed by atoms with van der Waals surface area (Å²) in [5.74, 6) is 0.874. The van der Waals surface area contributed by atoms with Gasteiger partial charge in [-0.2, -0.15) is 0 Å². The van der Waals surface area contributed by atoms with Crippen molar-refractivity contribution in [2.75, 3.05) is 6.54 Å². The van der Waals surface area contributed by atoms with Gasteiger partial charge in [-0.1, -0.05) is 12.1 Å². The van der Waals surface area contributed by atoms with Crippen LogP contribution in [0, 0.1) is 0 Å². The van der Waals surface area contributed by atoms with Crippen molar-refractivity contribution in [3.63, 3.8) is 0 Å². The third-order valence-corrected chi connectivity index (χ3v) is 2.35. The Kier molecular flexibility index (Phi) is 3.02. The van der Waals surface area contributed by atoms with Crippen molar-refractivity contribution < 1.29 is 9.53 Å². The summed E-state index contributed by atoms with van der Waals surface area (Å²) < 4.78 is 5.61. The van der Waals surface area contributed by atoms with Gasteiger partial charge in [0.05, 0.1) is 6.10 Å². The zero-order chi connectivity index (χ0) is 10.7. The van der Waals surface area contributed by atoms with Crippen molar-refractivity contribution in [1.29, 1.82) is 0 Å². The first-order valence-corrected chi connectivity index (χ1v) is 5.29. The summed E-state index contributed by atoms with van der Waals surface area (Å²) in [7, 11) is 0. The maximum Gasteiger partial charge on any atom is 0.164 e. The molecule has 0 heterocycles. The van der Waals surface area contributed by atoms with Crippen LogP contribution in [0.3, 0.4) is 0 Å². The van der Waals surface area contributed by atoms with Crippen molar-refractivity contribution in [2.45, 2.75) is 25.4 Å². The van der Waals surface area contributed by atoms with Crippen molar-refractivity contribution in [1.82, 2.24) is 0 Å². The van der Waals surface area contributed by atoms with E-state index in [0.29, 0.717) is 24.6 Å². The Morgan fingerprint density at radius 1 is 1.47 bits per heavy atom. The molecular weight excluding hydrogens is 190 g/mol. The quantitative estimate of drug-likeness (QED) is 0.745. The summed E-state index contributed by atoms with van der Waals surface area (Å²) in [6, 6.07) is 7.34. The van der Waals surface area contributed by atoms with Gasteiger partial charge in [-0.15, -0.1) is 0 Å². The predicted molar refractivity (Wildman–Crippen MR) is 58.1 cm³/mol. The van der Waals surface area contributed by atoms with E-state index in [4.69, 9.17) is 10.5 Å². The zero-order valence-corrected chi connectivity index (χ0v) is 8.61. The van der Waals surface area contributed by atoms with Crippen LogP contribution in [-0.4, -0.2) is 18.4 Å². The van der Waals surface area contributed by atoms with E-state index in [1.165, 1.54) is 0 Å². The number of carbonyl (C=O) groups excluding carboxylic acids is 1. The maximum absolute atomic E-state index is 11.6. The summed E-state index contributed by atoms with van der Waals surface area (Å²) in [4.78, 5) is 11.6. The Bertz CT molecular complexity index is 358. The van der Waals surface area contributed by atoms with Gasteiger partial charge < -0.3 is 10.5 Å².